The van der Waals surface area contributed by atoms with E-state index in [2.05, 4.69) is 46.1 Å². The maximum Gasteiger partial charge on any atom is 0.0594 e. The molecule has 3 atom stereocenters. The SMILES string of the molecule is COCCN(C(C)C1CC1)C(c1cc(Br)cs1)C(C)N. The van der Waals surface area contributed by atoms with Gasteiger partial charge in [0.2, 0.25) is 0 Å². The van der Waals surface area contributed by atoms with Crippen LogP contribution in [0.5, 0.6) is 0 Å². The molecule has 1 heterocycles. The Labute approximate surface area is 134 Å². The number of halogens is 1. The fourth-order valence-corrected chi connectivity index (χ4v) is 4.53. The third-order valence-electron chi connectivity index (χ3n) is 4.12. The van der Waals surface area contributed by atoms with E-state index in [-0.39, 0.29) is 12.1 Å². The van der Waals surface area contributed by atoms with Crippen LogP contribution < -0.4 is 5.73 Å². The first-order valence-corrected chi connectivity index (χ1v) is 8.96. The number of nitrogens with zero attached hydrogens (tertiary/aromatic N) is 1. The Balaban J connectivity index is 2.20. The lowest BCUT2D eigenvalue weighted by Crippen LogP contribution is -2.46. The van der Waals surface area contributed by atoms with Gasteiger partial charge in [0.25, 0.3) is 0 Å². The summed E-state index contributed by atoms with van der Waals surface area (Å²) in [6.45, 7) is 6.14. The molecule has 1 saturated carbocycles. The number of hydrogen-bond acceptors (Lipinski definition) is 4. The monoisotopic (exact) mass is 360 g/mol. The minimum atomic E-state index is 0.110. The van der Waals surface area contributed by atoms with Crippen LogP contribution in [0.15, 0.2) is 15.9 Å². The van der Waals surface area contributed by atoms with Gasteiger partial charge < -0.3 is 10.5 Å². The smallest absolute Gasteiger partial charge is 0.0594 e. The minimum Gasteiger partial charge on any atom is -0.383 e. The van der Waals surface area contributed by atoms with Gasteiger partial charge in [-0.3, -0.25) is 4.90 Å². The van der Waals surface area contributed by atoms with Gasteiger partial charge in [-0.15, -0.1) is 11.3 Å². The van der Waals surface area contributed by atoms with E-state index in [0.29, 0.717) is 6.04 Å². The summed E-state index contributed by atoms with van der Waals surface area (Å²) in [7, 11) is 1.77. The molecule has 1 aromatic rings. The number of methoxy groups -OCH3 is 1. The van der Waals surface area contributed by atoms with Crippen molar-refractivity contribution in [2.24, 2.45) is 11.7 Å². The molecule has 1 aliphatic carbocycles. The van der Waals surface area contributed by atoms with Gasteiger partial charge in [0.15, 0.2) is 0 Å². The van der Waals surface area contributed by atoms with Crippen molar-refractivity contribution < 1.29 is 4.74 Å². The normalized spacial score (nSPS) is 20.1. The molecule has 0 radical (unpaired) electrons. The zero-order valence-corrected chi connectivity index (χ0v) is 14.9. The van der Waals surface area contributed by atoms with Gasteiger partial charge in [0.1, 0.15) is 0 Å². The van der Waals surface area contributed by atoms with E-state index >= 15 is 0 Å². The van der Waals surface area contributed by atoms with Crippen LogP contribution in [0, 0.1) is 5.92 Å². The van der Waals surface area contributed by atoms with Crippen molar-refractivity contribution >= 4 is 27.3 Å². The summed E-state index contributed by atoms with van der Waals surface area (Å²) in [5.41, 5.74) is 6.32. The zero-order valence-electron chi connectivity index (χ0n) is 12.5. The fourth-order valence-electron chi connectivity index (χ4n) is 2.85. The van der Waals surface area contributed by atoms with Crippen LogP contribution in [0.1, 0.15) is 37.6 Å². The molecule has 3 nitrogen and oxygen atoms in total. The van der Waals surface area contributed by atoms with E-state index in [0.717, 1.165) is 23.5 Å². The van der Waals surface area contributed by atoms with E-state index in [9.17, 15) is 0 Å². The van der Waals surface area contributed by atoms with Crippen molar-refractivity contribution in [1.29, 1.82) is 0 Å². The highest BCUT2D eigenvalue weighted by Crippen LogP contribution is 2.40. The highest BCUT2D eigenvalue weighted by Gasteiger charge is 2.37. The summed E-state index contributed by atoms with van der Waals surface area (Å²) >= 11 is 5.34. The minimum absolute atomic E-state index is 0.110. The molecular weight excluding hydrogens is 336 g/mol. The third-order valence-corrected chi connectivity index (χ3v) is 5.88. The van der Waals surface area contributed by atoms with Gasteiger partial charge in [0, 0.05) is 40.5 Å². The van der Waals surface area contributed by atoms with Gasteiger partial charge in [-0.25, -0.2) is 0 Å². The van der Waals surface area contributed by atoms with Crippen LogP contribution in [-0.2, 0) is 4.74 Å². The molecule has 0 aliphatic heterocycles. The Morgan fingerprint density at radius 3 is 2.65 bits per heavy atom. The number of rotatable bonds is 8. The summed E-state index contributed by atoms with van der Waals surface area (Å²) in [5, 5.41) is 2.14. The largest absolute Gasteiger partial charge is 0.383 e. The molecule has 5 heteroatoms. The molecule has 114 valence electrons. The molecule has 2 N–H and O–H groups in total. The van der Waals surface area contributed by atoms with E-state index in [1.807, 2.05) is 0 Å². The molecule has 1 fully saturated rings. The van der Waals surface area contributed by atoms with Crippen LogP contribution in [0.4, 0.5) is 0 Å². The van der Waals surface area contributed by atoms with E-state index in [1.165, 1.54) is 17.7 Å². The molecule has 0 saturated heterocycles. The van der Waals surface area contributed by atoms with Gasteiger partial charge in [0.05, 0.1) is 12.6 Å². The molecular formula is C15H25BrN2OS. The third kappa shape index (κ3) is 4.04. The van der Waals surface area contributed by atoms with Gasteiger partial charge in [-0.2, -0.15) is 0 Å². The molecule has 3 unspecified atom stereocenters. The van der Waals surface area contributed by atoms with Gasteiger partial charge in [-0.05, 0) is 54.6 Å². The summed E-state index contributed by atoms with van der Waals surface area (Å²) in [4.78, 5) is 3.89. The molecule has 0 aromatic carbocycles. The molecule has 0 amide bonds. The van der Waals surface area contributed by atoms with Crippen molar-refractivity contribution in [3.63, 3.8) is 0 Å². The maximum absolute atomic E-state index is 6.32. The molecule has 1 aromatic heterocycles. The van der Waals surface area contributed by atoms with Crippen LogP contribution in [0.2, 0.25) is 0 Å². The average molecular weight is 361 g/mol. The second-order valence-electron chi connectivity index (χ2n) is 5.78. The molecule has 1 aliphatic rings. The molecule has 20 heavy (non-hydrogen) atoms. The lowest BCUT2D eigenvalue weighted by Gasteiger charge is -2.38. The van der Waals surface area contributed by atoms with Crippen molar-refractivity contribution in [2.75, 3.05) is 20.3 Å². The second-order valence-corrected chi connectivity index (χ2v) is 7.64. The Bertz CT molecular complexity index is 420. The van der Waals surface area contributed by atoms with Crippen molar-refractivity contribution in [1.82, 2.24) is 4.90 Å². The van der Waals surface area contributed by atoms with Gasteiger partial charge in [-0.1, -0.05) is 0 Å². The summed E-state index contributed by atoms with van der Waals surface area (Å²) in [5.74, 6) is 0.830. The van der Waals surface area contributed by atoms with E-state index in [4.69, 9.17) is 10.5 Å². The van der Waals surface area contributed by atoms with Crippen LogP contribution >= 0.6 is 27.3 Å². The second kappa shape index (κ2) is 7.36. The quantitative estimate of drug-likeness (QED) is 0.768. The number of hydrogen-bond donors (Lipinski definition) is 1. The first-order chi connectivity index (χ1) is 9.54. The molecule has 0 spiro atoms. The highest BCUT2D eigenvalue weighted by atomic mass is 79.9. The summed E-state index contributed by atoms with van der Waals surface area (Å²) in [6.07, 6.45) is 2.70. The Morgan fingerprint density at radius 2 is 2.20 bits per heavy atom. The van der Waals surface area contributed by atoms with Crippen molar-refractivity contribution in [3.05, 3.63) is 20.8 Å². The van der Waals surface area contributed by atoms with Crippen molar-refractivity contribution in [2.45, 2.75) is 44.8 Å². The molecule has 2 rings (SSSR count). The molecule has 0 bridgehead atoms. The lowest BCUT2D eigenvalue weighted by molar-refractivity contribution is 0.0733. The Morgan fingerprint density at radius 1 is 1.50 bits per heavy atom. The number of ether oxygens (including phenoxy) is 1. The zero-order chi connectivity index (χ0) is 14.7. The standard InChI is InChI=1S/C15H25BrN2OS/c1-10(17)15(14-8-13(16)9-20-14)18(6-7-19-3)11(2)12-4-5-12/h8-12,15H,4-7,17H2,1-3H3. The van der Waals surface area contributed by atoms with E-state index < -0.39 is 0 Å². The Hall–Kier alpha value is 0.0600. The summed E-state index contributed by atoms with van der Waals surface area (Å²) in [6, 6.07) is 3.16. The predicted molar refractivity (Wildman–Crippen MR) is 89.2 cm³/mol. The number of nitrogens with two attached hydrogens (primary N) is 1. The Kier molecular flexibility index (Phi) is 6.05. The fraction of sp³-hybridized carbons (Fsp3) is 0.733. The predicted octanol–water partition coefficient (Wildman–Crippen LogP) is 3.65. The first kappa shape index (κ1) is 16.4. The average Bonchev–Trinajstić information content (AvgIpc) is 3.16. The number of thiophene rings is 1. The summed E-state index contributed by atoms with van der Waals surface area (Å²) < 4.78 is 6.45. The van der Waals surface area contributed by atoms with Gasteiger partial charge >= 0.3 is 0 Å². The van der Waals surface area contributed by atoms with Crippen LogP contribution in [0.25, 0.3) is 0 Å². The van der Waals surface area contributed by atoms with Crippen LogP contribution in [0.3, 0.4) is 0 Å². The highest BCUT2D eigenvalue weighted by molar-refractivity contribution is 9.10. The maximum atomic E-state index is 6.32. The van der Waals surface area contributed by atoms with E-state index in [1.54, 1.807) is 18.4 Å². The van der Waals surface area contributed by atoms with Crippen LogP contribution in [-0.4, -0.2) is 37.2 Å². The van der Waals surface area contributed by atoms with Crippen molar-refractivity contribution in [3.8, 4) is 0 Å². The topological polar surface area (TPSA) is 38.5 Å². The first-order valence-electron chi connectivity index (χ1n) is 7.28. The lowest BCUT2D eigenvalue weighted by atomic mass is 10.0.